The van der Waals surface area contributed by atoms with E-state index in [0.717, 1.165) is 36.9 Å². The number of likely N-dealkylation sites (tertiary alicyclic amines) is 1. The van der Waals surface area contributed by atoms with Crippen LogP contribution in [0.2, 0.25) is 0 Å². The highest BCUT2D eigenvalue weighted by atomic mass is 16.2. The van der Waals surface area contributed by atoms with Crippen molar-refractivity contribution in [3.63, 3.8) is 0 Å². The molecule has 4 nitrogen and oxygen atoms in total. The van der Waals surface area contributed by atoms with Crippen LogP contribution < -0.4 is 0 Å². The highest BCUT2D eigenvalue weighted by molar-refractivity contribution is 5.95. The summed E-state index contributed by atoms with van der Waals surface area (Å²) in [6.07, 6.45) is 4.61. The lowest BCUT2D eigenvalue weighted by atomic mass is 9.73. The van der Waals surface area contributed by atoms with Gasteiger partial charge < -0.3 is 9.80 Å². The minimum atomic E-state index is -0.0311. The van der Waals surface area contributed by atoms with Crippen molar-refractivity contribution < 1.29 is 9.59 Å². The third-order valence-electron chi connectivity index (χ3n) is 4.94. The van der Waals surface area contributed by atoms with E-state index in [2.05, 4.69) is 12.1 Å². The van der Waals surface area contributed by atoms with Gasteiger partial charge in [0.15, 0.2) is 0 Å². The number of piperidine rings is 1. The zero-order valence-corrected chi connectivity index (χ0v) is 13.9. The summed E-state index contributed by atoms with van der Waals surface area (Å²) in [5, 5.41) is 0. The van der Waals surface area contributed by atoms with Gasteiger partial charge in [0.25, 0.3) is 0 Å². The number of rotatable bonds is 3. The van der Waals surface area contributed by atoms with Crippen LogP contribution in [0.3, 0.4) is 0 Å². The predicted molar refractivity (Wildman–Crippen MR) is 89.5 cm³/mol. The lowest BCUT2D eigenvalue weighted by molar-refractivity contribution is -0.142. The number of benzene rings is 1. The number of hydrogen-bond donors (Lipinski definition) is 0. The molecule has 1 saturated heterocycles. The summed E-state index contributed by atoms with van der Waals surface area (Å²) >= 11 is 0. The summed E-state index contributed by atoms with van der Waals surface area (Å²) in [6.45, 7) is 1.40. The van der Waals surface area contributed by atoms with Crippen LogP contribution in [-0.2, 0) is 16.1 Å². The first-order valence-electron chi connectivity index (χ1n) is 8.32. The van der Waals surface area contributed by atoms with E-state index in [0.29, 0.717) is 6.54 Å². The van der Waals surface area contributed by atoms with Gasteiger partial charge in [0.1, 0.15) is 0 Å². The minimum Gasteiger partial charge on any atom is -0.345 e. The molecule has 0 aromatic heterocycles. The molecule has 3 rings (SSSR count). The topological polar surface area (TPSA) is 40.6 Å². The molecule has 23 heavy (non-hydrogen) atoms. The fourth-order valence-electron chi connectivity index (χ4n) is 3.74. The van der Waals surface area contributed by atoms with E-state index in [1.54, 1.807) is 19.0 Å². The number of allylic oxidation sites excluding steroid dienone is 1. The molecule has 1 aliphatic heterocycles. The molecule has 1 fully saturated rings. The van der Waals surface area contributed by atoms with Gasteiger partial charge in [-0.1, -0.05) is 36.4 Å². The van der Waals surface area contributed by atoms with Gasteiger partial charge in [0.2, 0.25) is 11.8 Å². The lowest BCUT2D eigenvalue weighted by Gasteiger charge is -2.41. The fourth-order valence-corrected chi connectivity index (χ4v) is 3.74. The van der Waals surface area contributed by atoms with Crippen molar-refractivity contribution in [2.24, 2.45) is 11.8 Å². The molecule has 1 heterocycles. The molecule has 2 aliphatic rings. The number of likely N-dealkylation sites (N-methyl/N-ethyl adjacent to an activating group) is 1. The van der Waals surface area contributed by atoms with Gasteiger partial charge in [-0.3, -0.25) is 9.59 Å². The Morgan fingerprint density at radius 1 is 1.17 bits per heavy atom. The molecule has 1 aliphatic carbocycles. The maximum Gasteiger partial charge on any atom is 0.249 e. The number of carbonyl (C=O) groups excluding carboxylic acids is 2. The van der Waals surface area contributed by atoms with E-state index in [1.807, 2.05) is 29.2 Å². The Hall–Kier alpha value is -2.10. The highest BCUT2D eigenvalue weighted by Crippen LogP contribution is 2.38. The zero-order valence-electron chi connectivity index (χ0n) is 13.9. The van der Waals surface area contributed by atoms with Crippen molar-refractivity contribution in [1.82, 2.24) is 9.80 Å². The highest BCUT2D eigenvalue weighted by Gasteiger charge is 2.41. The Morgan fingerprint density at radius 2 is 1.91 bits per heavy atom. The molecule has 0 bridgehead atoms. The van der Waals surface area contributed by atoms with Gasteiger partial charge in [-0.05, 0) is 24.8 Å². The molecule has 0 spiro atoms. The molecule has 0 N–H and O–H groups in total. The lowest BCUT2D eigenvalue weighted by Crippen LogP contribution is -2.48. The molecule has 4 heteroatoms. The van der Waals surface area contributed by atoms with Crippen LogP contribution >= 0.6 is 0 Å². The third-order valence-corrected chi connectivity index (χ3v) is 4.94. The summed E-state index contributed by atoms with van der Waals surface area (Å²) in [5.41, 5.74) is 2.01. The molecule has 0 radical (unpaired) electrons. The first-order valence-corrected chi connectivity index (χ1v) is 8.32. The van der Waals surface area contributed by atoms with E-state index in [1.165, 1.54) is 0 Å². The largest absolute Gasteiger partial charge is 0.345 e. The molecule has 2 atom stereocenters. The zero-order chi connectivity index (χ0) is 16.4. The molecule has 0 saturated carbocycles. The van der Waals surface area contributed by atoms with Crippen molar-refractivity contribution in [3.05, 3.63) is 47.5 Å². The van der Waals surface area contributed by atoms with Gasteiger partial charge >= 0.3 is 0 Å². The van der Waals surface area contributed by atoms with Gasteiger partial charge in [0, 0.05) is 44.6 Å². The van der Waals surface area contributed by atoms with Gasteiger partial charge in [-0.15, -0.1) is 0 Å². The maximum absolute atomic E-state index is 12.9. The average molecular weight is 312 g/mol. The predicted octanol–water partition coefficient (Wildman–Crippen LogP) is 2.46. The molecule has 1 aromatic carbocycles. The summed E-state index contributed by atoms with van der Waals surface area (Å²) in [4.78, 5) is 28.8. The average Bonchev–Trinajstić information content (AvgIpc) is 2.57. The molecule has 2 amide bonds. The van der Waals surface area contributed by atoms with Crippen molar-refractivity contribution >= 4 is 11.8 Å². The van der Waals surface area contributed by atoms with Crippen molar-refractivity contribution in [1.29, 1.82) is 0 Å². The first kappa shape index (κ1) is 15.8. The van der Waals surface area contributed by atoms with Crippen LogP contribution in [0.25, 0.3) is 0 Å². The summed E-state index contributed by atoms with van der Waals surface area (Å²) in [7, 11) is 3.55. The second-order valence-electron chi connectivity index (χ2n) is 6.68. The van der Waals surface area contributed by atoms with Crippen LogP contribution in [0.1, 0.15) is 24.8 Å². The molecule has 122 valence electrons. The summed E-state index contributed by atoms with van der Waals surface area (Å²) in [5.74, 6) is 0.334. The number of nitrogens with zero attached hydrogens (tertiary/aromatic N) is 2. The van der Waals surface area contributed by atoms with Crippen molar-refractivity contribution in [2.45, 2.75) is 25.8 Å². The quantitative estimate of drug-likeness (QED) is 0.860. The van der Waals surface area contributed by atoms with Crippen molar-refractivity contribution in [3.8, 4) is 0 Å². The van der Waals surface area contributed by atoms with Crippen LogP contribution in [0.4, 0.5) is 0 Å². The minimum absolute atomic E-state index is 0.0311. The monoisotopic (exact) mass is 312 g/mol. The molecule has 1 aromatic rings. The Bertz CT molecular complexity index is 622. The van der Waals surface area contributed by atoms with E-state index >= 15 is 0 Å². The number of fused-ring (bicyclic) bond motifs is 1. The second kappa shape index (κ2) is 6.57. The summed E-state index contributed by atoms with van der Waals surface area (Å²) < 4.78 is 0. The smallest absolute Gasteiger partial charge is 0.249 e. The van der Waals surface area contributed by atoms with E-state index in [9.17, 15) is 9.59 Å². The molecule has 0 unspecified atom stereocenters. The maximum atomic E-state index is 12.9. The number of carbonyl (C=O) groups is 2. The Morgan fingerprint density at radius 3 is 2.61 bits per heavy atom. The van der Waals surface area contributed by atoms with E-state index in [4.69, 9.17) is 0 Å². The third kappa shape index (κ3) is 3.16. The Labute approximate surface area is 137 Å². The Balaban J connectivity index is 1.74. The van der Waals surface area contributed by atoms with Gasteiger partial charge in [-0.25, -0.2) is 0 Å². The summed E-state index contributed by atoms with van der Waals surface area (Å²) in [6, 6.07) is 10.1. The van der Waals surface area contributed by atoms with E-state index in [-0.39, 0.29) is 23.7 Å². The molecular formula is C19H24N2O2. The van der Waals surface area contributed by atoms with Gasteiger partial charge in [-0.2, -0.15) is 0 Å². The normalized spacial score (nSPS) is 24.0. The van der Waals surface area contributed by atoms with Crippen molar-refractivity contribution in [2.75, 3.05) is 20.6 Å². The number of amides is 2. The van der Waals surface area contributed by atoms with Crippen LogP contribution in [0.5, 0.6) is 0 Å². The standard InChI is InChI=1S/C19H24N2O2/c1-20(2)18(22)16-9-6-10-17-15(16)11-12-21(19(17)23)13-14-7-4-3-5-8-14/h3-5,7-9,15,17H,6,10-13H2,1-2H3/t15-,17-/m1/s1. The van der Waals surface area contributed by atoms with Crippen LogP contribution in [-0.4, -0.2) is 42.3 Å². The van der Waals surface area contributed by atoms with Gasteiger partial charge in [0.05, 0.1) is 0 Å². The SMILES string of the molecule is CN(C)C(=O)C1=CCC[C@H]2C(=O)N(Cc3ccccc3)CC[C@H]12. The number of hydrogen-bond acceptors (Lipinski definition) is 2. The first-order chi connectivity index (χ1) is 11.1. The Kier molecular flexibility index (Phi) is 4.51. The second-order valence-corrected chi connectivity index (χ2v) is 6.68. The van der Waals surface area contributed by atoms with Crippen LogP contribution in [0, 0.1) is 11.8 Å². The molecular weight excluding hydrogens is 288 g/mol. The van der Waals surface area contributed by atoms with E-state index < -0.39 is 0 Å². The van der Waals surface area contributed by atoms with Crippen LogP contribution in [0.15, 0.2) is 42.0 Å². The fraction of sp³-hybridized carbons (Fsp3) is 0.474.